The Kier molecular flexibility index (Phi) is 7.58. The van der Waals surface area contributed by atoms with Crippen LogP contribution in [0.15, 0.2) is 211 Å². The number of benzene rings is 9. The monoisotopic (exact) mass is 806 g/mol. The highest BCUT2D eigenvalue weighted by molar-refractivity contribution is 6.93. The minimum Gasteiger partial charge on any atom is -0.454 e. The van der Waals surface area contributed by atoms with E-state index in [1.807, 2.05) is 0 Å². The quantitative estimate of drug-likeness (QED) is 0.165. The van der Waals surface area contributed by atoms with E-state index < -0.39 is 5.41 Å². The molecule has 0 spiro atoms. The van der Waals surface area contributed by atoms with E-state index in [1.54, 1.807) is 0 Å². The highest BCUT2D eigenvalue weighted by atomic mass is 16.3. The van der Waals surface area contributed by atoms with Gasteiger partial charge in [0.2, 0.25) is 0 Å². The number of rotatable bonds is 4. The lowest BCUT2D eigenvalue weighted by atomic mass is 9.42. The van der Waals surface area contributed by atoms with Crippen molar-refractivity contribution in [3.63, 3.8) is 0 Å². The van der Waals surface area contributed by atoms with Gasteiger partial charge in [-0.25, -0.2) is 0 Å². The molecule has 9 aromatic carbocycles. The lowest BCUT2D eigenvalue weighted by molar-refractivity contribution is 0.590. The van der Waals surface area contributed by atoms with Gasteiger partial charge in [0, 0.05) is 33.4 Å². The number of furan rings is 1. The summed E-state index contributed by atoms with van der Waals surface area (Å²) in [7, 11) is 0. The Morgan fingerprint density at radius 1 is 0.476 bits per heavy atom. The zero-order valence-electron chi connectivity index (χ0n) is 35.5. The van der Waals surface area contributed by atoms with Gasteiger partial charge in [-0.2, -0.15) is 0 Å². The van der Waals surface area contributed by atoms with Gasteiger partial charge in [0.15, 0.2) is 5.58 Å². The average Bonchev–Trinajstić information content (AvgIpc) is 3.72. The Morgan fingerprint density at radius 3 is 1.87 bits per heavy atom. The van der Waals surface area contributed by atoms with Gasteiger partial charge in [0.25, 0.3) is 0 Å². The summed E-state index contributed by atoms with van der Waals surface area (Å²) in [5, 5.41) is 2.24. The first-order valence-corrected chi connectivity index (χ1v) is 22.1. The summed E-state index contributed by atoms with van der Waals surface area (Å²) in [5.74, 6) is 0. The summed E-state index contributed by atoms with van der Waals surface area (Å²) in [6.45, 7) is 6.86. The van der Waals surface area contributed by atoms with Crippen LogP contribution >= 0.6 is 0 Å². The molecule has 0 N–H and O–H groups in total. The molecule has 0 fully saturated rings. The fraction of sp³-hybridized carbons (Fsp3) is 0.0847. The molecule has 3 aliphatic heterocycles. The molecule has 63 heavy (non-hydrogen) atoms. The smallest absolute Gasteiger partial charge is 0.333 e. The van der Waals surface area contributed by atoms with Gasteiger partial charge in [0.05, 0.1) is 16.8 Å². The SMILES string of the molecule is CC(C)(C)c1cc2c3c(c1)N1c4ccccc4C(c4ccccc4)(c4ccccc4)c4cccc(c41)B3N(c1cccc3c1oc1ccccc13)c1ccc(-c3ccccc3)cc1-2. The maximum atomic E-state index is 6.95. The van der Waals surface area contributed by atoms with Crippen molar-refractivity contribution in [2.45, 2.75) is 31.6 Å². The first-order valence-electron chi connectivity index (χ1n) is 22.1. The number of nitrogens with zero attached hydrogens (tertiary/aromatic N) is 2. The van der Waals surface area contributed by atoms with Crippen LogP contribution < -0.4 is 20.6 Å². The van der Waals surface area contributed by atoms with Crippen molar-refractivity contribution in [1.29, 1.82) is 0 Å². The second kappa shape index (κ2) is 13.2. The molecule has 0 unspecified atom stereocenters. The Bertz CT molecular complexity index is 3420. The fourth-order valence-corrected chi connectivity index (χ4v) is 11.3. The number of hydrogen-bond acceptors (Lipinski definition) is 3. The van der Waals surface area contributed by atoms with Gasteiger partial charge in [0.1, 0.15) is 5.58 Å². The number of hydrogen-bond donors (Lipinski definition) is 0. The molecular weight excluding hydrogens is 763 g/mol. The average molecular weight is 807 g/mol. The van der Waals surface area contributed by atoms with Crippen LogP contribution in [0.2, 0.25) is 0 Å². The van der Waals surface area contributed by atoms with Crippen LogP contribution in [0.5, 0.6) is 0 Å². The van der Waals surface area contributed by atoms with Crippen molar-refractivity contribution in [1.82, 2.24) is 0 Å². The highest BCUT2D eigenvalue weighted by Gasteiger charge is 2.53. The molecule has 0 saturated heterocycles. The Morgan fingerprint density at radius 2 is 1.11 bits per heavy atom. The third-order valence-electron chi connectivity index (χ3n) is 14.0. The Labute approximate surface area is 368 Å². The predicted molar refractivity (Wildman–Crippen MR) is 263 cm³/mol. The first-order chi connectivity index (χ1) is 30.9. The predicted octanol–water partition coefficient (Wildman–Crippen LogP) is 14.0. The molecule has 3 nitrogen and oxygen atoms in total. The third-order valence-corrected chi connectivity index (χ3v) is 14.0. The molecule has 0 bridgehead atoms. The topological polar surface area (TPSA) is 19.6 Å². The third kappa shape index (κ3) is 4.98. The largest absolute Gasteiger partial charge is 0.454 e. The number of anilines is 5. The molecule has 10 aromatic rings. The molecule has 0 radical (unpaired) electrons. The molecule has 0 atom stereocenters. The van der Waals surface area contributed by atoms with E-state index >= 15 is 0 Å². The van der Waals surface area contributed by atoms with Crippen molar-refractivity contribution in [3.05, 3.63) is 234 Å². The molecule has 3 aliphatic rings. The van der Waals surface area contributed by atoms with Gasteiger partial charge in [-0.1, -0.05) is 191 Å². The van der Waals surface area contributed by atoms with Crippen molar-refractivity contribution in [3.8, 4) is 22.3 Å². The molecular formula is C59H43BN2O. The summed E-state index contributed by atoms with van der Waals surface area (Å²) in [4.78, 5) is 5.23. The van der Waals surface area contributed by atoms with Crippen molar-refractivity contribution >= 4 is 68.1 Å². The van der Waals surface area contributed by atoms with Crippen LogP contribution in [-0.2, 0) is 10.8 Å². The van der Waals surface area contributed by atoms with Crippen molar-refractivity contribution in [2.75, 3.05) is 9.71 Å². The number of para-hydroxylation sites is 4. The maximum absolute atomic E-state index is 6.95. The summed E-state index contributed by atoms with van der Waals surface area (Å²) < 4.78 is 6.95. The second-order valence-corrected chi connectivity index (χ2v) is 18.4. The minimum atomic E-state index is -0.594. The molecule has 4 heterocycles. The van der Waals surface area contributed by atoms with Crippen LogP contribution in [0, 0.1) is 0 Å². The summed E-state index contributed by atoms with van der Waals surface area (Å²) >= 11 is 0. The van der Waals surface area contributed by atoms with Crippen LogP contribution in [-0.4, -0.2) is 6.85 Å². The number of fused-ring (bicyclic) bond motifs is 9. The Hall–Kier alpha value is -7.56. The van der Waals surface area contributed by atoms with Crippen molar-refractivity contribution in [2.24, 2.45) is 0 Å². The van der Waals surface area contributed by atoms with Crippen molar-refractivity contribution < 1.29 is 4.42 Å². The normalized spacial score (nSPS) is 14.3. The summed E-state index contributed by atoms with van der Waals surface area (Å²) in [6, 6.07) is 76.6. The zero-order valence-corrected chi connectivity index (χ0v) is 35.5. The van der Waals surface area contributed by atoms with Gasteiger partial charge in [-0.15, -0.1) is 0 Å². The maximum Gasteiger partial charge on any atom is 0.333 e. The fourth-order valence-electron chi connectivity index (χ4n) is 11.3. The van der Waals surface area contributed by atoms with E-state index in [9.17, 15) is 0 Å². The van der Waals surface area contributed by atoms with E-state index in [0.29, 0.717) is 0 Å². The second-order valence-electron chi connectivity index (χ2n) is 18.4. The molecule has 0 amide bonds. The van der Waals surface area contributed by atoms with Gasteiger partial charge >= 0.3 is 6.85 Å². The standard InChI is InChI=1S/C59H43BN2O/c1-58(2,3)42-36-46-45-35-39(38-19-7-4-8-20-38)33-34-50(45)62(52-31-17-26-44-43-25-13-16-32-54(43)63-57(44)52)60-49-29-18-28-48-56(49)61(53(37-42)55(46)60)51-30-15-14-27-47(51)59(48,40-21-9-5-10-22-40)41-23-11-6-12-24-41/h4-37H,1-3H3. The molecule has 298 valence electrons. The highest BCUT2D eigenvalue weighted by Crippen LogP contribution is 2.59. The van der Waals surface area contributed by atoms with Gasteiger partial charge in [-0.05, 0) is 97.2 Å². The van der Waals surface area contributed by atoms with Gasteiger partial charge < -0.3 is 14.1 Å². The molecule has 0 saturated carbocycles. The lowest BCUT2D eigenvalue weighted by Gasteiger charge is -2.52. The van der Waals surface area contributed by atoms with E-state index in [2.05, 4.69) is 237 Å². The van der Waals surface area contributed by atoms with Crippen LogP contribution in [0.1, 0.15) is 48.6 Å². The molecule has 0 aliphatic carbocycles. The Balaban J connectivity index is 1.20. The zero-order chi connectivity index (χ0) is 42.0. The van der Waals surface area contributed by atoms with Crippen LogP contribution in [0.4, 0.5) is 28.4 Å². The summed E-state index contributed by atoms with van der Waals surface area (Å²) in [6.07, 6.45) is 0. The lowest BCUT2D eigenvalue weighted by Crippen LogP contribution is -2.63. The van der Waals surface area contributed by atoms with Crippen LogP contribution in [0.3, 0.4) is 0 Å². The van der Waals surface area contributed by atoms with Gasteiger partial charge in [-0.3, -0.25) is 0 Å². The molecule has 1 aromatic heterocycles. The minimum absolute atomic E-state index is 0.123. The molecule has 4 heteroatoms. The van der Waals surface area contributed by atoms with E-state index in [4.69, 9.17) is 4.42 Å². The van der Waals surface area contributed by atoms with E-state index in [-0.39, 0.29) is 12.3 Å². The van der Waals surface area contributed by atoms with E-state index in [0.717, 1.165) is 33.3 Å². The van der Waals surface area contributed by atoms with Crippen LogP contribution in [0.25, 0.3) is 44.2 Å². The van der Waals surface area contributed by atoms with E-state index in [1.165, 1.54) is 78.1 Å². The molecule has 13 rings (SSSR count). The first kappa shape index (κ1) is 36.1. The summed E-state index contributed by atoms with van der Waals surface area (Å²) in [5.41, 5.74) is 20.8.